The number of pyridine rings is 1. The van der Waals surface area contributed by atoms with Gasteiger partial charge in [-0.2, -0.15) is 0 Å². The molecule has 0 spiro atoms. The van der Waals surface area contributed by atoms with Gasteiger partial charge in [-0.15, -0.1) is 0 Å². The van der Waals surface area contributed by atoms with Gasteiger partial charge in [0.05, 0.1) is 20.3 Å². The van der Waals surface area contributed by atoms with Crippen LogP contribution in [0.15, 0.2) is 12.3 Å². The third-order valence-corrected chi connectivity index (χ3v) is 3.93. The van der Waals surface area contributed by atoms with Crippen molar-refractivity contribution >= 4 is 17.8 Å². The number of aromatic nitrogens is 1. The minimum atomic E-state index is -0.636. The first-order chi connectivity index (χ1) is 13.5. The Labute approximate surface area is 166 Å². The second kappa shape index (κ2) is 13.5. The molecule has 8 heteroatoms. The van der Waals surface area contributed by atoms with Crippen LogP contribution in [-0.2, 0) is 14.3 Å². The lowest BCUT2D eigenvalue weighted by Gasteiger charge is -2.12. The maximum atomic E-state index is 12.4. The summed E-state index contributed by atoms with van der Waals surface area (Å²) in [6, 6.07) is 1.43. The van der Waals surface area contributed by atoms with Crippen LogP contribution >= 0.6 is 0 Å². The molecule has 0 saturated heterocycles. The van der Waals surface area contributed by atoms with Gasteiger partial charge in [-0.05, 0) is 18.9 Å². The molecule has 1 rings (SSSR count). The Kier molecular flexibility index (Phi) is 11.3. The molecule has 0 saturated carbocycles. The number of nitrogens with one attached hydrogen (secondary N) is 1. The van der Waals surface area contributed by atoms with E-state index in [0.717, 1.165) is 38.5 Å². The topological polar surface area (TPSA) is 104 Å². The number of hydrogen-bond donors (Lipinski definition) is 1. The highest BCUT2D eigenvalue weighted by molar-refractivity contribution is 6.01. The number of carbonyl (C=O) groups is 3. The molecule has 8 nitrogen and oxygen atoms in total. The highest BCUT2D eigenvalue weighted by atomic mass is 16.5. The average Bonchev–Trinajstić information content (AvgIpc) is 2.71. The molecule has 1 aromatic heterocycles. The monoisotopic (exact) mass is 394 g/mol. The van der Waals surface area contributed by atoms with Crippen LogP contribution in [0.2, 0.25) is 0 Å². The van der Waals surface area contributed by atoms with Crippen LogP contribution < -0.4 is 10.1 Å². The number of carbonyl (C=O) groups excluding carboxylic acids is 3. The maximum absolute atomic E-state index is 12.4. The van der Waals surface area contributed by atoms with Gasteiger partial charge in [0.15, 0.2) is 11.4 Å². The third kappa shape index (κ3) is 7.94. The normalized spacial score (nSPS) is 10.2. The second-order valence-corrected chi connectivity index (χ2v) is 6.19. The van der Waals surface area contributed by atoms with Crippen molar-refractivity contribution in [3.05, 3.63) is 23.5 Å². The number of hydrogen-bond acceptors (Lipinski definition) is 7. The molecule has 1 heterocycles. The Morgan fingerprint density at radius 3 is 2.39 bits per heavy atom. The molecule has 0 radical (unpaired) electrons. The largest absolute Gasteiger partial charge is 0.493 e. The first-order valence-electron chi connectivity index (χ1n) is 9.69. The number of rotatable bonds is 13. The third-order valence-electron chi connectivity index (χ3n) is 3.93. The molecular formula is C20H30N2O6. The fourth-order valence-corrected chi connectivity index (χ4v) is 2.37. The van der Waals surface area contributed by atoms with Gasteiger partial charge in [-0.3, -0.25) is 9.59 Å². The van der Waals surface area contributed by atoms with Gasteiger partial charge in [-0.1, -0.05) is 39.5 Å². The zero-order valence-electron chi connectivity index (χ0n) is 16.9. The Morgan fingerprint density at radius 2 is 1.71 bits per heavy atom. The molecule has 1 amide bonds. The lowest BCUT2D eigenvalue weighted by Crippen LogP contribution is -2.32. The van der Waals surface area contributed by atoms with Crippen LogP contribution in [0.3, 0.4) is 0 Å². The summed E-state index contributed by atoms with van der Waals surface area (Å²) < 4.78 is 15.4. The van der Waals surface area contributed by atoms with Gasteiger partial charge in [0.2, 0.25) is 0 Å². The number of ether oxygens (including phenoxy) is 3. The van der Waals surface area contributed by atoms with Gasteiger partial charge in [-0.25, -0.2) is 9.78 Å². The first kappa shape index (κ1) is 23.4. The van der Waals surface area contributed by atoms with E-state index in [4.69, 9.17) is 14.2 Å². The molecule has 0 aliphatic carbocycles. The van der Waals surface area contributed by atoms with Crippen LogP contribution in [0.4, 0.5) is 0 Å². The maximum Gasteiger partial charge on any atom is 0.342 e. The number of methoxy groups -OCH3 is 1. The quantitative estimate of drug-likeness (QED) is 0.405. The van der Waals surface area contributed by atoms with E-state index >= 15 is 0 Å². The molecule has 0 aromatic carbocycles. The molecule has 0 unspecified atom stereocenters. The minimum absolute atomic E-state index is 0.00873. The van der Waals surface area contributed by atoms with Crippen LogP contribution in [0, 0.1) is 0 Å². The molecule has 156 valence electrons. The summed E-state index contributed by atoms with van der Waals surface area (Å²) >= 11 is 0. The standard InChI is InChI=1S/C20H30N2O6/c1-4-6-8-9-13-27-16(23)14-22-19(24)17-18(26-3)15(10-11-21-17)20(25)28-12-7-5-2/h10-11H,4-9,12-14H2,1-3H3,(H,22,24). The number of esters is 2. The van der Waals surface area contributed by atoms with Gasteiger partial charge in [0, 0.05) is 6.20 Å². The second-order valence-electron chi connectivity index (χ2n) is 6.19. The molecule has 1 aromatic rings. The van der Waals surface area contributed by atoms with Gasteiger partial charge in [0.1, 0.15) is 12.1 Å². The van der Waals surface area contributed by atoms with Crippen LogP contribution in [0.25, 0.3) is 0 Å². The molecule has 0 atom stereocenters. The molecular weight excluding hydrogens is 364 g/mol. The molecule has 0 aliphatic heterocycles. The molecule has 0 fully saturated rings. The van der Waals surface area contributed by atoms with E-state index in [1.54, 1.807) is 0 Å². The summed E-state index contributed by atoms with van der Waals surface area (Å²) in [4.78, 5) is 40.3. The summed E-state index contributed by atoms with van der Waals surface area (Å²) in [6.07, 6.45) is 6.95. The van der Waals surface area contributed by atoms with Crippen molar-refractivity contribution in [2.45, 2.75) is 52.4 Å². The van der Waals surface area contributed by atoms with Crippen LogP contribution in [-0.4, -0.2) is 49.7 Å². The lowest BCUT2D eigenvalue weighted by molar-refractivity contribution is -0.142. The summed E-state index contributed by atoms with van der Waals surface area (Å²) in [5, 5.41) is 2.44. The summed E-state index contributed by atoms with van der Waals surface area (Å²) in [5.41, 5.74) is 0.0143. The van der Waals surface area contributed by atoms with E-state index in [2.05, 4.69) is 17.2 Å². The van der Waals surface area contributed by atoms with E-state index in [1.807, 2.05) is 6.92 Å². The van der Waals surface area contributed by atoms with E-state index in [-0.39, 0.29) is 30.2 Å². The van der Waals surface area contributed by atoms with Crippen molar-refractivity contribution < 1.29 is 28.6 Å². The predicted molar refractivity (Wildman–Crippen MR) is 103 cm³/mol. The SMILES string of the molecule is CCCCCCOC(=O)CNC(=O)c1nccc(C(=O)OCCCC)c1OC. The summed E-state index contributed by atoms with van der Waals surface area (Å²) in [6.45, 7) is 4.41. The number of amides is 1. The highest BCUT2D eigenvalue weighted by Gasteiger charge is 2.22. The van der Waals surface area contributed by atoms with Gasteiger partial charge >= 0.3 is 11.9 Å². The van der Waals surface area contributed by atoms with E-state index < -0.39 is 17.8 Å². The zero-order valence-corrected chi connectivity index (χ0v) is 16.9. The van der Waals surface area contributed by atoms with E-state index in [9.17, 15) is 14.4 Å². The summed E-state index contributed by atoms with van der Waals surface area (Å²) in [7, 11) is 1.33. The van der Waals surface area contributed by atoms with Crippen LogP contribution in [0.1, 0.15) is 73.2 Å². The van der Waals surface area contributed by atoms with Crippen molar-refractivity contribution in [3.63, 3.8) is 0 Å². The molecule has 0 aliphatic rings. The van der Waals surface area contributed by atoms with Gasteiger partial charge in [0.25, 0.3) is 5.91 Å². The zero-order chi connectivity index (χ0) is 20.8. The summed E-state index contributed by atoms with van der Waals surface area (Å²) in [5.74, 6) is -1.75. The molecule has 0 bridgehead atoms. The van der Waals surface area contributed by atoms with Crippen molar-refractivity contribution in [1.82, 2.24) is 10.3 Å². The Morgan fingerprint density at radius 1 is 1.00 bits per heavy atom. The smallest absolute Gasteiger partial charge is 0.342 e. The fourth-order valence-electron chi connectivity index (χ4n) is 2.37. The van der Waals surface area contributed by atoms with Crippen molar-refractivity contribution in [3.8, 4) is 5.75 Å². The lowest BCUT2D eigenvalue weighted by atomic mass is 10.2. The fraction of sp³-hybridized carbons (Fsp3) is 0.600. The highest BCUT2D eigenvalue weighted by Crippen LogP contribution is 2.22. The first-order valence-corrected chi connectivity index (χ1v) is 9.69. The predicted octanol–water partition coefficient (Wildman–Crippen LogP) is 2.90. The van der Waals surface area contributed by atoms with Crippen molar-refractivity contribution in [2.24, 2.45) is 0 Å². The molecule has 1 N–H and O–H groups in total. The Bertz CT molecular complexity index is 648. The number of nitrogens with zero attached hydrogens (tertiary/aromatic N) is 1. The minimum Gasteiger partial charge on any atom is -0.493 e. The average molecular weight is 394 g/mol. The Balaban J connectivity index is 2.63. The van der Waals surface area contributed by atoms with Gasteiger partial charge < -0.3 is 19.5 Å². The Hall–Kier alpha value is -2.64. The van der Waals surface area contributed by atoms with E-state index in [1.165, 1.54) is 19.4 Å². The van der Waals surface area contributed by atoms with E-state index in [0.29, 0.717) is 6.61 Å². The van der Waals surface area contributed by atoms with Crippen LogP contribution in [0.5, 0.6) is 5.75 Å². The molecule has 28 heavy (non-hydrogen) atoms. The van der Waals surface area contributed by atoms with Crippen molar-refractivity contribution in [1.29, 1.82) is 0 Å². The number of unbranched alkanes of at least 4 members (excludes halogenated alkanes) is 4. The van der Waals surface area contributed by atoms with Crippen molar-refractivity contribution in [2.75, 3.05) is 26.9 Å².